The predicted molar refractivity (Wildman–Crippen MR) is 94.1 cm³/mol. The Kier molecular flexibility index (Phi) is 4.19. The van der Waals surface area contributed by atoms with Crippen LogP contribution in [0.15, 0.2) is 6.07 Å². The van der Waals surface area contributed by atoms with Crippen molar-refractivity contribution in [2.75, 3.05) is 25.0 Å². The van der Waals surface area contributed by atoms with Gasteiger partial charge in [-0.25, -0.2) is 9.97 Å². The number of nitrogens with zero attached hydrogens (tertiary/aromatic N) is 4. The van der Waals surface area contributed by atoms with E-state index in [1.807, 2.05) is 11.9 Å². The molecular formula is C19H28N4O. The number of carbonyl (C=O) groups excluding carboxylic acids is 1. The smallest absolute Gasteiger partial charge is 0.225 e. The second-order valence-electron chi connectivity index (χ2n) is 7.80. The molecule has 1 saturated heterocycles. The van der Waals surface area contributed by atoms with Crippen molar-refractivity contribution in [1.29, 1.82) is 0 Å². The van der Waals surface area contributed by atoms with E-state index >= 15 is 0 Å². The maximum atomic E-state index is 12.4. The van der Waals surface area contributed by atoms with Crippen LogP contribution in [0.5, 0.6) is 0 Å². The summed E-state index contributed by atoms with van der Waals surface area (Å²) in [5, 5.41) is 0. The first-order chi connectivity index (χ1) is 11.6. The minimum absolute atomic E-state index is 0.304. The van der Waals surface area contributed by atoms with E-state index < -0.39 is 0 Å². The minimum atomic E-state index is 0.304. The number of amides is 1. The number of hydrogen-bond acceptors (Lipinski definition) is 4. The van der Waals surface area contributed by atoms with Crippen LogP contribution in [-0.4, -0.2) is 47.0 Å². The van der Waals surface area contributed by atoms with Gasteiger partial charge in [-0.05, 0) is 45.4 Å². The maximum Gasteiger partial charge on any atom is 0.225 e. The average molecular weight is 328 g/mol. The van der Waals surface area contributed by atoms with Gasteiger partial charge in [0.05, 0.1) is 0 Å². The summed E-state index contributed by atoms with van der Waals surface area (Å²) in [6.45, 7) is 4.02. The van der Waals surface area contributed by atoms with Gasteiger partial charge in [-0.2, -0.15) is 0 Å². The zero-order valence-electron chi connectivity index (χ0n) is 14.9. The molecule has 5 nitrogen and oxygen atoms in total. The summed E-state index contributed by atoms with van der Waals surface area (Å²) in [6.07, 6.45) is 7.95. The molecule has 3 aliphatic rings. The standard InChI is InChI=1S/C19H28N4O/c1-13-12-17(21-18(20-13)14-6-7-14)23-10-8-16(9-11-23)22(2)19(24)15-4-3-5-15/h12,14-16H,3-11H2,1-2H3. The molecule has 1 aromatic rings. The summed E-state index contributed by atoms with van der Waals surface area (Å²) in [5.41, 5.74) is 1.07. The van der Waals surface area contributed by atoms with Gasteiger partial charge >= 0.3 is 0 Å². The number of rotatable bonds is 4. The van der Waals surface area contributed by atoms with Gasteiger partial charge in [-0.1, -0.05) is 6.42 Å². The van der Waals surface area contributed by atoms with Crippen molar-refractivity contribution in [3.8, 4) is 0 Å². The molecule has 130 valence electrons. The third kappa shape index (κ3) is 3.13. The van der Waals surface area contributed by atoms with Crippen molar-refractivity contribution < 1.29 is 4.79 Å². The number of aromatic nitrogens is 2. The van der Waals surface area contributed by atoms with E-state index in [0.29, 0.717) is 23.8 Å². The molecular weight excluding hydrogens is 300 g/mol. The first kappa shape index (κ1) is 15.9. The molecule has 24 heavy (non-hydrogen) atoms. The van der Waals surface area contributed by atoms with Crippen LogP contribution < -0.4 is 4.90 Å². The summed E-state index contributed by atoms with van der Waals surface area (Å²) < 4.78 is 0. The van der Waals surface area contributed by atoms with Crippen molar-refractivity contribution in [2.24, 2.45) is 5.92 Å². The highest BCUT2D eigenvalue weighted by atomic mass is 16.2. The molecule has 5 heteroatoms. The van der Waals surface area contributed by atoms with Crippen LogP contribution in [0.1, 0.15) is 62.4 Å². The molecule has 0 aromatic carbocycles. The highest BCUT2D eigenvalue weighted by Gasteiger charge is 2.33. The number of hydrogen-bond donors (Lipinski definition) is 0. The minimum Gasteiger partial charge on any atom is -0.356 e. The van der Waals surface area contributed by atoms with Gasteiger partial charge in [0.2, 0.25) is 5.91 Å². The van der Waals surface area contributed by atoms with Gasteiger partial charge < -0.3 is 9.80 Å². The molecule has 0 N–H and O–H groups in total. The zero-order chi connectivity index (χ0) is 16.7. The number of piperidine rings is 1. The Hall–Kier alpha value is -1.65. The summed E-state index contributed by atoms with van der Waals surface area (Å²) in [6, 6.07) is 2.50. The fraction of sp³-hybridized carbons (Fsp3) is 0.737. The Bertz CT molecular complexity index is 616. The van der Waals surface area contributed by atoms with Crippen molar-refractivity contribution in [2.45, 2.75) is 63.8 Å². The van der Waals surface area contributed by atoms with Crippen LogP contribution in [-0.2, 0) is 4.79 Å². The summed E-state index contributed by atoms with van der Waals surface area (Å²) >= 11 is 0. The third-order valence-electron chi connectivity index (χ3n) is 5.94. The van der Waals surface area contributed by atoms with E-state index in [-0.39, 0.29) is 0 Å². The largest absolute Gasteiger partial charge is 0.356 e. The van der Waals surface area contributed by atoms with Gasteiger partial charge in [-0.3, -0.25) is 4.79 Å². The Labute approximate surface area is 144 Å². The molecule has 1 amide bonds. The molecule has 4 rings (SSSR count). The van der Waals surface area contributed by atoms with Crippen molar-refractivity contribution in [3.05, 3.63) is 17.6 Å². The lowest BCUT2D eigenvalue weighted by molar-refractivity contribution is -0.139. The van der Waals surface area contributed by atoms with E-state index in [9.17, 15) is 4.79 Å². The molecule has 0 atom stereocenters. The van der Waals surface area contributed by atoms with Crippen LogP contribution in [0, 0.1) is 12.8 Å². The van der Waals surface area contributed by atoms with E-state index in [0.717, 1.165) is 56.1 Å². The number of anilines is 1. The first-order valence-electron chi connectivity index (χ1n) is 9.49. The van der Waals surface area contributed by atoms with Gasteiger partial charge in [0, 0.05) is 49.8 Å². The Morgan fingerprint density at radius 3 is 2.42 bits per heavy atom. The van der Waals surface area contributed by atoms with Gasteiger partial charge in [0.1, 0.15) is 11.6 Å². The Balaban J connectivity index is 1.38. The molecule has 2 aliphatic carbocycles. The van der Waals surface area contributed by atoms with Crippen LogP contribution >= 0.6 is 0 Å². The van der Waals surface area contributed by atoms with Gasteiger partial charge in [-0.15, -0.1) is 0 Å². The highest BCUT2D eigenvalue weighted by Crippen LogP contribution is 2.39. The summed E-state index contributed by atoms with van der Waals surface area (Å²) in [4.78, 5) is 26.3. The van der Waals surface area contributed by atoms with Crippen LogP contribution in [0.25, 0.3) is 0 Å². The topological polar surface area (TPSA) is 49.3 Å². The van der Waals surface area contributed by atoms with E-state index in [4.69, 9.17) is 4.98 Å². The van der Waals surface area contributed by atoms with Gasteiger partial charge in [0.15, 0.2) is 0 Å². The zero-order valence-corrected chi connectivity index (χ0v) is 14.9. The second-order valence-corrected chi connectivity index (χ2v) is 7.80. The molecule has 0 radical (unpaired) electrons. The van der Waals surface area contributed by atoms with E-state index in [2.05, 4.69) is 22.9 Å². The predicted octanol–water partition coefficient (Wildman–Crippen LogP) is 2.89. The molecule has 1 aliphatic heterocycles. The average Bonchev–Trinajstić information content (AvgIpc) is 3.37. The Morgan fingerprint density at radius 2 is 1.83 bits per heavy atom. The Morgan fingerprint density at radius 1 is 1.12 bits per heavy atom. The fourth-order valence-corrected chi connectivity index (χ4v) is 3.87. The molecule has 0 bridgehead atoms. The van der Waals surface area contributed by atoms with Crippen molar-refractivity contribution >= 4 is 11.7 Å². The van der Waals surface area contributed by atoms with Crippen molar-refractivity contribution in [3.63, 3.8) is 0 Å². The summed E-state index contributed by atoms with van der Waals surface area (Å²) in [5.74, 6) is 3.37. The molecule has 2 heterocycles. The molecule has 0 unspecified atom stereocenters. The van der Waals surface area contributed by atoms with E-state index in [1.54, 1.807) is 0 Å². The normalized spacial score (nSPS) is 22.3. The lowest BCUT2D eigenvalue weighted by Crippen LogP contribution is -2.48. The van der Waals surface area contributed by atoms with Crippen molar-refractivity contribution in [1.82, 2.24) is 14.9 Å². The van der Waals surface area contributed by atoms with Crippen LogP contribution in [0.4, 0.5) is 5.82 Å². The van der Waals surface area contributed by atoms with E-state index in [1.165, 1.54) is 19.3 Å². The quantitative estimate of drug-likeness (QED) is 0.853. The van der Waals surface area contributed by atoms with Gasteiger partial charge in [0.25, 0.3) is 0 Å². The molecule has 3 fully saturated rings. The molecule has 2 saturated carbocycles. The number of carbonyl (C=O) groups is 1. The first-order valence-corrected chi connectivity index (χ1v) is 9.49. The lowest BCUT2D eigenvalue weighted by Gasteiger charge is -2.39. The monoisotopic (exact) mass is 328 g/mol. The van der Waals surface area contributed by atoms with Crippen LogP contribution in [0.3, 0.4) is 0 Å². The SMILES string of the molecule is Cc1cc(N2CCC(N(C)C(=O)C3CCC3)CC2)nc(C2CC2)n1. The van der Waals surface area contributed by atoms with Crippen LogP contribution in [0.2, 0.25) is 0 Å². The second kappa shape index (κ2) is 6.34. The summed E-state index contributed by atoms with van der Waals surface area (Å²) in [7, 11) is 2.00. The number of aryl methyl sites for hydroxylation is 1. The fourth-order valence-electron chi connectivity index (χ4n) is 3.87. The third-order valence-corrected chi connectivity index (χ3v) is 5.94. The maximum absolute atomic E-state index is 12.4. The molecule has 0 spiro atoms. The molecule has 1 aromatic heterocycles. The lowest BCUT2D eigenvalue weighted by atomic mass is 9.84. The highest BCUT2D eigenvalue weighted by molar-refractivity contribution is 5.79.